The van der Waals surface area contributed by atoms with Crippen molar-refractivity contribution < 1.29 is 4.74 Å². The number of nitrogens with two attached hydrogens (primary N) is 1. The van der Waals surface area contributed by atoms with Crippen LogP contribution in [0.15, 0.2) is 15.7 Å². The van der Waals surface area contributed by atoms with Gasteiger partial charge in [-0.15, -0.1) is 0 Å². The zero-order valence-electron chi connectivity index (χ0n) is 10.2. The van der Waals surface area contributed by atoms with Crippen LogP contribution < -0.4 is 17.0 Å². The Morgan fingerprint density at radius 1 is 1.41 bits per heavy atom. The lowest BCUT2D eigenvalue weighted by atomic mass is 10.3. The van der Waals surface area contributed by atoms with Gasteiger partial charge in [0.25, 0.3) is 5.56 Å². The van der Waals surface area contributed by atoms with Crippen LogP contribution in [-0.2, 0) is 11.3 Å². The molecule has 6 nitrogen and oxygen atoms in total. The third-order valence-electron chi connectivity index (χ3n) is 2.29. The number of hydrogen-bond acceptors (Lipinski definition) is 4. The number of nitrogen functional groups attached to an aromatic ring is 1. The maximum atomic E-state index is 11.4. The predicted octanol–water partition coefficient (Wildman–Crippen LogP) is 0.324. The van der Waals surface area contributed by atoms with Gasteiger partial charge in [-0.3, -0.25) is 14.3 Å². The van der Waals surface area contributed by atoms with Gasteiger partial charge in [0.1, 0.15) is 5.82 Å². The molecule has 1 rings (SSSR count). The van der Waals surface area contributed by atoms with Crippen LogP contribution in [0.3, 0.4) is 0 Å². The summed E-state index contributed by atoms with van der Waals surface area (Å²) in [6, 6.07) is 1.21. The fourth-order valence-corrected chi connectivity index (χ4v) is 1.46. The molecule has 0 saturated heterocycles. The molecule has 0 spiro atoms. The molecule has 0 unspecified atom stereocenters. The SMILES string of the molecule is CC(C)OCCCCn1c(N)cc(=O)[nH]c1=O. The Bertz CT molecular complexity index is 462. The van der Waals surface area contributed by atoms with Crippen molar-refractivity contribution in [3.8, 4) is 0 Å². The Morgan fingerprint density at radius 2 is 2.12 bits per heavy atom. The summed E-state index contributed by atoms with van der Waals surface area (Å²) < 4.78 is 6.74. The molecule has 1 heterocycles. The van der Waals surface area contributed by atoms with Gasteiger partial charge in [-0.2, -0.15) is 0 Å². The minimum absolute atomic E-state index is 0.198. The van der Waals surface area contributed by atoms with Gasteiger partial charge in [-0.1, -0.05) is 0 Å². The van der Waals surface area contributed by atoms with Crippen LogP contribution in [0.25, 0.3) is 0 Å². The van der Waals surface area contributed by atoms with Crippen molar-refractivity contribution in [2.75, 3.05) is 12.3 Å². The third-order valence-corrected chi connectivity index (χ3v) is 2.29. The Hall–Kier alpha value is -1.56. The normalized spacial score (nSPS) is 11.0. The number of nitrogens with one attached hydrogen (secondary N) is 1. The number of rotatable bonds is 6. The lowest BCUT2D eigenvalue weighted by molar-refractivity contribution is 0.0754. The molecule has 0 bridgehead atoms. The van der Waals surface area contributed by atoms with Crippen LogP contribution in [0.1, 0.15) is 26.7 Å². The molecule has 96 valence electrons. The fourth-order valence-electron chi connectivity index (χ4n) is 1.46. The highest BCUT2D eigenvalue weighted by molar-refractivity contribution is 5.25. The third kappa shape index (κ3) is 4.44. The fraction of sp³-hybridized carbons (Fsp3) is 0.636. The number of aromatic amines is 1. The first kappa shape index (κ1) is 13.5. The first-order valence-corrected chi connectivity index (χ1v) is 5.72. The van der Waals surface area contributed by atoms with Crippen molar-refractivity contribution in [2.45, 2.75) is 39.3 Å². The van der Waals surface area contributed by atoms with Crippen molar-refractivity contribution in [1.29, 1.82) is 0 Å². The van der Waals surface area contributed by atoms with E-state index in [2.05, 4.69) is 4.98 Å². The monoisotopic (exact) mass is 241 g/mol. The largest absolute Gasteiger partial charge is 0.385 e. The van der Waals surface area contributed by atoms with Crippen molar-refractivity contribution in [2.24, 2.45) is 0 Å². The summed E-state index contributed by atoms with van der Waals surface area (Å²) in [6.07, 6.45) is 1.85. The van der Waals surface area contributed by atoms with Gasteiger partial charge >= 0.3 is 5.69 Å². The molecule has 17 heavy (non-hydrogen) atoms. The molecule has 0 aliphatic rings. The standard InChI is InChI=1S/C11H19N3O3/c1-8(2)17-6-4-3-5-14-9(12)7-10(15)13-11(14)16/h7-8H,3-6,12H2,1-2H3,(H,13,15,16). The number of H-pyrrole nitrogens is 1. The molecule has 0 aromatic carbocycles. The van der Waals surface area contributed by atoms with Crippen molar-refractivity contribution in [3.63, 3.8) is 0 Å². The number of anilines is 1. The van der Waals surface area contributed by atoms with E-state index in [1.165, 1.54) is 10.6 Å². The molecular weight excluding hydrogens is 222 g/mol. The zero-order chi connectivity index (χ0) is 12.8. The summed E-state index contributed by atoms with van der Waals surface area (Å²) in [4.78, 5) is 24.6. The van der Waals surface area contributed by atoms with Crippen LogP contribution in [0, 0.1) is 0 Å². The first-order chi connectivity index (χ1) is 8.00. The highest BCUT2D eigenvalue weighted by atomic mass is 16.5. The summed E-state index contributed by atoms with van der Waals surface area (Å²) in [5.41, 5.74) is 4.67. The first-order valence-electron chi connectivity index (χ1n) is 5.72. The molecule has 3 N–H and O–H groups in total. The Morgan fingerprint density at radius 3 is 2.71 bits per heavy atom. The van der Waals surface area contributed by atoms with Gasteiger partial charge in [0.15, 0.2) is 0 Å². The van der Waals surface area contributed by atoms with E-state index in [0.717, 1.165) is 12.8 Å². The minimum Gasteiger partial charge on any atom is -0.385 e. The molecule has 0 saturated carbocycles. The number of unbranched alkanes of at least 4 members (excludes halogenated alkanes) is 1. The van der Waals surface area contributed by atoms with E-state index in [-0.39, 0.29) is 11.9 Å². The van der Waals surface area contributed by atoms with Crippen LogP contribution in [0.4, 0.5) is 5.82 Å². The Labute approximate surface area is 99.4 Å². The molecule has 0 aliphatic heterocycles. The summed E-state index contributed by atoms with van der Waals surface area (Å²) in [6.45, 7) is 5.10. The number of nitrogens with zero attached hydrogens (tertiary/aromatic N) is 1. The second-order valence-corrected chi connectivity index (χ2v) is 4.14. The molecule has 6 heteroatoms. The molecule has 1 aromatic rings. The van der Waals surface area contributed by atoms with E-state index in [1.54, 1.807) is 0 Å². The average Bonchev–Trinajstić information content (AvgIpc) is 2.20. The van der Waals surface area contributed by atoms with Crippen molar-refractivity contribution >= 4 is 5.82 Å². The summed E-state index contributed by atoms with van der Waals surface area (Å²) >= 11 is 0. The molecule has 0 atom stereocenters. The van der Waals surface area contributed by atoms with Gasteiger partial charge in [-0.05, 0) is 26.7 Å². The van der Waals surface area contributed by atoms with Crippen molar-refractivity contribution in [1.82, 2.24) is 9.55 Å². The van der Waals surface area contributed by atoms with Gasteiger partial charge < -0.3 is 10.5 Å². The highest BCUT2D eigenvalue weighted by Crippen LogP contribution is 1.99. The van der Waals surface area contributed by atoms with E-state index in [0.29, 0.717) is 13.2 Å². The topological polar surface area (TPSA) is 90.1 Å². The van der Waals surface area contributed by atoms with E-state index < -0.39 is 11.2 Å². The smallest absolute Gasteiger partial charge is 0.329 e. The van der Waals surface area contributed by atoms with Gasteiger partial charge in [0.2, 0.25) is 0 Å². The van der Waals surface area contributed by atoms with Gasteiger partial charge in [-0.25, -0.2) is 4.79 Å². The average molecular weight is 241 g/mol. The van der Waals surface area contributed by atoms with E-state index in [9.17, 15) is 9.59 Å². The summed E-state index contributed by atoms with van der Waals surface area (Å²) in [5.74, 6) is 0.198. The molecule has 0 radical (unpaired) electrons. The van der Waals surface area contributed by atoms with Crippen LogP contribution >= 0.6 is 0 Å². The van der Waals surface area contributed by atoms with E-state index >= 15 is 0 Å². The van der Waals surface area contributed by atoms with E-state index in [4.69, 9.17) is 10.5 Å². The van der Waals surface area contributed by atoms with Crippen LogP contribution in [0.5, 0.6) is 0 Å². The Balaban J connectivity index is 2.47. The quantitative estimate of drug-likeness (QED) is 0.702. The molecule has 0 fully saturated rings. The van der Waals surface area contributed by atoms with Gasteiger partial charge in [0, 0.05) is 19.2 Å². The van der Waals surface area contributed by atoms with Crippen LogP contribution in [-0.4, -0.2) is 22.3 Å². The zero-order valence-corrected chi connectivity index (χ0v) is 10.2. The van der Waals surface area contributed by atoms with Gasteiger partial charge in [0.05, 0.1) is 6.10 Å². The number of hydrogen-bond donors (Lipinski definition) is 2. The number of aromatic nitrogens is 2. The van der Waals surface area contributed by atoms with Crippen molar-refractivity contribution in [3.05, 3.63) is 26.9 Å². The highest BCUT2D eigenvalue weighted by Gasteiger charge is 2.02. The minimum atomic E-state index is -0.466. The second kappa shape index (κ2) is 6.24. The second-order valence-electron chi connectivity index (χ2n) is 4.14. The number of ether oxygens (including phenoxy) is 1. The molecular formula is C11H19N3O3. The Kier molecular flexibility index (Phi) is 4.96. The predicted molar refractivity (Wildman–Crippen MR) is 66.1 cm³/mol. The van der Waals surface area contributed by atoms with Crippen LogP contribution in [0.2, 0.25) is 0 Å². The maximum absolute atomic E-state index is 11.4. The maximum Gasteiger partial charge on any atom is 0.329 e. The molecule has 0 amide bonds. The lowest BCUT2D eigenvalue weighted by Gasteiger charge is -2.09. The lowest BCUT2D eigenvalue weighted by Crippen LogP contribution is -2.31. The summed E-state index contributed by atoms with van der Waals surface area (Å²) in [7, 11) is 0. The molecule has 0 aliphatic carbocycles. The summed E-state index contributed by atoms with van der Waals surface area (Å²) in [5, 5.41) is 0. The van der Waals surface area contributed by atoms with E-state index in [1.807, 2.05) is 13.8 Å². The molecule has 1 aromatic heterocycles.